The Balaban J connectivity index is 1.56. The lowest BCUT2D eigenvalue weighted by atomic mass is 10.2. The number of hydrogen-bond acceptors (Lipinski definition) is 6. The van der Waals surface area contributed by atoms with Gasteiger partial charge in [0.2, 0.25) is 5.91 Å². The van der Waals surface area contributed by atoms with Crippen molar-refractivity contribution in [2.75, 3.05) is 18.2 Å². The quantitative estimate of drug-likeness (QED) is 0.586. The van der Waals surface area contributed by atoms with Crippen molar-refractivity contribution in [1.29, 1.82) is 0 Å². The smallest absolute Gasteiger partial charge is 0.234 e. The summed E-state index contributed by atoms with van der Waals surface area (Å²) in [6.07, 6.45) is 0. The molecule has 0 spiro atoms. The summed E-state index contributed by atoms with van der Waals surface area (Å²) in [5.74, 6) is 2.11. The van der Waals surface area contributed by atoms with Crippen LogP contribution in [0.5, 0.6) is 11.5 Å². The number of carbonyl (C=O) groups excluding carboxylic acids is 1. The number of thioether (sulfide) groups is 1. The molecule has 1 aromatic heterocycles. The molecule has 146 valence electrons. The Labute approximate surface area is 168 Å². The van der Waals surface area contributed by atoms with Crippen LogP contribution in [0.1, 0.15) is 11.4 Å². The van der Waals surface area contributed by atoms with Gasteiger partial charge in [0.15, 0.2) is 22.5 Å². The molecule has 1 heterocycles. The highest BCUT2D eigenvalue weighted by Crippen LogP contribution is 2.26. The standard InChI is InChI=1S/C20H22N4O3S/c1-14-8-4-5-9-15(14)21-19(25)13-28-20-23-22-18(24(20)2)12-27-17-11-7-6-10-16(17)26-3/h4-11H,12-13H2,1-3H3,(H,21,25). The van der Waals surface area contributed by atoms with E-state index in [4.69, 9.17) is 9.47 Å². The van der Waals surface area contributed by atoms with E-state index >= 15 is 0 Å². The molecule has 0 aliphatic heterocycles. The third-order valence-electron chi connectivity index (χ3n) is 4.10. The Morgan fingerprint density at radius 1 is 1.11 bits per heavy atom. The average Bonchev–Trinajstić information content (AvgIpc) is 3.06. The molecule has 1 N–H and O–H groups in total. The van der Waals surface area contributed by atoms with Crippen molar-refractivity contribution in [3.8, 4) is 11.5 Å². The van der Waals surface area contributed by atoms with Crippen LogP contribution in [0.2, 0.25) is 0 Å². The third kappa shape index (κ3) is 4.83. The summed E-state index contributed by atoms with van der Waals surface area (Å²) in [4.78, 5) is 12.2. The van der Waals surface area contributed by atoms with Crippen LogP contribution in [-0.2, 0) is 18.4 Å². The lowest BCUT2D eigenvalue weighted by Gasteiger charge is -2.10. The highest BCUT2D eigenvalue weighted by atomic mass is 32.2. The van der Waals surface area contributed by atoms with Crippen molar-refractivity contribution >= 4 is 23.4 Å². The van der Waals surface area contributed by atoms with Crippen molar-refractivity contribution in [3.05, 3.63) is 59.9 Å². The Bertz CT molecular complexity index is 958. The van der Waals surface area contributed by atoms with Crippen LogP contribution in [0.4, 0.5) is 5.69 Å². The molecule has 0 bridgehead atoms. The summed E-state index contributed by atoms with van der Waals surface area (Å²) in [7, 11) is 3.45. The number of nitrogens with zero attached hydrogens (tertiary/aromatic N) is 3. The zero-order valence-corrected chi connectivity index (χ0v) is 16.8. The van der Waals surface area contributed by atoms with Gasteiger partial charge in [-0.3, -0.25) is 4.79 Å². The number of aromatic nitrogens is 3. The van der Waals surface area contributed by atoms with Crippen LogP contribution >= 0.6 is 11.8 Å². The molecular weight excluding hydrogens is 376 g/mol. The normalized spacial score (nSPS) is 10.5. The van der Waals surface area contributed by atoms with Crippen LogP contribution in [-0.4, -0.2) is 33.5 Å². The Kier molecular flexibility index (Phi) is 6.54. The fourth-order valence-electron chi connectivity index (χ4n) is 2.51. The van der Waals surface area contributed by atoms with Gasteiger partial charge in [-0.25, -0.2) is 0 Å². The zero-order valence-electron chi connectivity index (χ0n) is 16.0. The summed E-state index contributed by atoms with van der Waals surface area (Å²) in [6.45, 7) is 2.21. The predicted molar refractivity (Wildman–Crippen MR) is 109 cm³/mol. The predicted octanol–water partition coefficient (Wildman–Crippen LogP) is 3.44. The summed E-state index contributed by atoms with van der Waals surface area (Å²) in [5.41, 5.74) is 1.84. The van der Waals surface area contributed by atoms with Gasteiger partial charge in [0.1, 0.15) is 6.61 Å². The molecular formula is C20H22N4O3S. The third-order valence-corrected chi connectivity index (χ3v) is 5.12. The second kappa shape index (κ2) is 9.27. The molecule has 0 atom stereocenters. The van der Waals surface area contributed by atoms with Gasteiger partial charge in [-0.05, 0) is 30.7 Å². The minimum atomic E-state index is -0.0888. The largest absolute Gasteiger partial charge is 0.493 e. The molecule has 0 radical (unpaired) electrons. The number of anilines is 1. The van der Waals surface area contributed by atoms with Gasteiger partial charge in [0.05, 0.1) is 12.9 Å². The van der Waals surface area contributed by atoms with Gasteiger partial charge in [0, 0.05) is 12.7 Å². The van der Waals surface area contributed by atoms with E-state index in [0.717, 1.165) is 11.3 Å². The van der Waals surface area contributed by atoms with E-state index in [1.807, 2.05) is 67.1 Å². The van der Waals surface area contributed by atoms with Crippen molar-refractivity contribution in [3.63, 3.8) is 0 Å². The first-order chi connectivity index (χ1) is 13.6. The summed E-state index contributed by atoms with van der Waals surface area (Å²) < 4.78 is 12.9. The van der Waals surface area contributed by atoms with E-state index in [1.54, 1.807) is 7.11 Å². The average molecular weight is 398 g/mol. The van der Waals surface area contributed by atoms with E-state index in [0.29, 0.717) is 22.5 Å². The van der Waals surface area contributed by atoms with Crippen molar-refractivity contribution in [2.45, 2.75) is 18.7 Å². The highest BCUT2D eigenvalue weighted by molar-refractivity contribution is 7.99. The van der Waals surface area contributed by atoms with Crippen molar-refractivity contribution in [1.82, 2.24) is 14.8 Å². The number of benzene rings is 2. The maximum atomic E-state index is 12.2. The number of amides is 1. The molecule has 3 aromatic rings. The Morgan fingerprint density at radius 2 is 1.82 bits per heavy atom. The fraction of sp³-hybridized carbons (Fsp3) is 0.250. The van der Waals surface area contributed by atoms with Crippen LogP contribution in [0.25, 0.3) is 0 Å². The SMILES string of the molecule is COc1ccccc1OCc1nnc(SCC(=O)Nc2ccccc2C)n1C. The first-order valence-electron chi connectivity index (χ1n) is 8.71. The monoisotopic (exact) mass is 398 g/mol. The minimum Gasteiger partial charge on any atom is -0.493 e. The lowest BCUT2D eigenvalue weighted by molar-refractivity contribution is -0.113. The lowest BCUT2D eigenvalue weighted by Crippen LogP contribution is -2.15. The highest BCUT2D eigenvalue weighted by Gasteiger charge is 2.13. The molecule has 28 heavy (non-hydrogen) atoms. The number of methoxy groups -OCH3 is 1. The van der Waals surface area contributed by atoms with Crippen molar-refractivity contribution in [2.24, 2.45) is 7.05 Å². The van der Waals surface area contributed by atoms with Gasteiger partial charge in [-0.15, -0.1) is 10.2 Å². The van der Waals surface area contributed by atoms with E-state index < -0.39 is 0 Å². The van der Waals surface area contributed by atoms with Gasteiger partial charge >= 0.3 is 0 Å². The fourth-order valence-corrected chi connectivity index (χ4v) is 3.24. The molecule has 1 amide bonds. The van der Waals surface area contributed by atoms with E-state index in [9.17, 15) is 4.79 Å². The topological polar surface area (TPSA) is 78.3 Å². The Hall–Kier alpha value is -3.00. The van der Waals surface area contributed by atoms with Crippen LogP contribution in [0.3, 0.4) is 0 Å². The molecule has 0 saturated carbocycles. The molecule has 3 rings (SSSR count). The van der Waals surface area contributed by atoms with Crippen LogP contribution < -0.4 is 14.8 Å². The molecule has 2 aromatic carbocycles. The molecule has 8 heteroatoms. The van der Waals surface area contributed by atoms with E-state index in [2.05, 4.69) is 15.5 Å². The number of hydrogen-bond donors (Lipinski definition) is 1. The molecule has 0 saturated heterocycles. The second-order valence-electron chi connectivity index (χ2n) is 6.05. The summed E-state index contributed by atoms with van der Waals surface area (Å²) in [6, 6.07) is 15.1. The van der Waals surface area contributed by atoms with E-state index in [1.165, 1.54) is 11.8 Å². The molecule has 0 aliphatic rings. The number of aryl methyl sites for hydroxylation is 1. The summed E-state index contributed by atoms with van der Waals surface area (Å²) >= 11 is 1.33. The maximum absolute atomic E-state index is 12.2. The maximum Gasteiger partial charge on any atom is 0.234 e. The van der Waals surface area contributed by atoms with Crippen LogP contribution in [0.15, 0.2) is 53.7 Å². The first-order valence-corrected chi connectivity index (χ1v) is 9.69. The molecule has 0 fully saturated rings. The minimum absolute atomic E-state index is 0.0888. The molecule has 0 unspecified atom stereocenters. The van der Waals surface area contributed by atoms with Gasteiger partial charge in [-0.2, -0.15) is 0 Å². The van der Waals surface area contributed by atoms with E-state index in [-0.39, 0.29) is 18.3 Å². The van der Waals surface area contributed by atoms with Gasteiger partial charge in [-0.1, -0.05) is 42.1 Å². The second-order valence-corrected chi connectivity index (χ2v) is 6.99. The van der Waals surface area contributed by atoms with Gasteiger partial charge < -0.3 is 19.4 Å². The van der Waals surface area contributed by atoms with Gasteiger partial charge in [0.25, 0.3) is 0 Å². The molecule has 7 nitrogen and oxygen atoms in total. The number of rotatable bonds is 8. The number of nitrogens with one attached hydrogen (secondary N) is 1. The first kappa shape index (κ1) is 19.8. The number of para-hydroxylation sites is 3. The van der Waals surface area contributed by atoms with Crippen molar-refractivity contribution < 1.29 is 14.3 Å². The summed E-state index contributed by atoms with van der Waals surface area (Å²) in [5, 5.41) is 11.9. The zero-order chi connectivity index (χ0) is 19.9. The molecule has 0 aliphatic carbocycles. The van der Waals surface area contributed by atoms with Crippen LogP contribution in [0, 0.1) is 6.92 Å². The number of ether oxygens (including phenoxy) is 2. The Morgan fingerprint density at radius 3 is 2.57 bits per heavy atom. The number of carbonyl (C=O) groups is 1.